The van der Waals surface area contributed by atoms with Gasteiger partial charge in [0.25, 0.3) is 0 Å². The second-order valence-electron chi connectivity index (χ2n) is 6.20. The van der Waals surface area contributed by atoms with Gasteiger partial charge in [-0.05, 0) is 42.7 Å². The number of hydrogen-bond acceptors (Lipinski definition) is 3. The maximum absolute atomic E-state index is 12.8. The number of nitrogens with zero attached hydrogens (tertiary/aromatic N) is 1. The van der Waals surface area contributed by atoms with Crippen molar-refractivity contribution in [2.75, 3.05) is 19.4 Å². The van der Waals surface area contributed by atoms with Crippen LogP contribution in [0.4, 0.5) is 0 Å². The van der Waals surface area contributed by atoms with Gasteiger partial charge in [0.2, 0.25) is 5.91 Å². The average Bonchev–Trinajstić information content (AvgIpc) is 3.05. The number of aryl methyl sites for hydroxylation is 2. The first-order valence-electron chi connectivity index (χ1n) is 8.19. The molecule has 2 aromatic carbocycles. The van der Waals surface area contributed by atoms with Crippen LogP contribution in [0.5, 0.6) is 5.75 Å². The molecule has 1 saturated heterocycles. The van der Waals surface area contributed by atoms with Crippen LogP contribution in [-0.2, 0) is 11.2 Å². The Kier molecular flexibility index (Phi) is 5.14. The van der Waals surface area contributed by atoms with Crippen molar-refractivity contribution in [1.29, 1.82) is 0 Å². The summed E-state index contributed by atoms with van der Waals surface area (Å²) in [4.78, 5) is 14.8. The summed E-state index contributed by atoms with van der Waals surface area (Å²) in [7, 11) is 1.65. The Morgan fingerprint density at radius 1 is 1.21 bits per heavy atom. The minimum absolute atomic E-state index is 0.136. The summed E-state index contributed by atoms with van der Waals surface area (Å²) in [6, 6.07) is 14.2. The minimum Gasteiger partial charge on any atom is -0.497 e. The zero-order valence-electron chi connectivity index (χ0n) is 14.4. The molecule has 3 nitrogen and oxygen atoms in total. The molecule has 126 valence electrons. The Morgan fingerprint density at radius 2 is 1.96 bits per heavy atom. The van der Waals surface area contributed by atoms with E-state index in [2.05, 4.69) is 32.0 Å². The van der Waals surface area contributed by atoms with Gasteiger partial charge in [0.1, 0.15) is 11.1 Å². The summed E-state index contributed by atoms with van der Waals surface area (Å²) in [5, 5.41) is 0.136. The Labute approximate surface area is 148 Å². The molecule has 0 aromatic heterocycles. The zero-order valence-corrected chi connectivity index (χ0v) is 15.2. The molecule has 0 spiro atoms. The van der Waals surface area contributed by atoms with Crippen molar-refractivity contribution in [1.82, 2.24) is 4.90 Å². The predicted molar refractivity (Wildman–Crippen MR) is 99.5 cm³/mol. The molecule has 1 fully saturated rings. The second kappa shape index (κ2) is 7.31. The van der Waals surface area contributed by atoms with Crippen LogP contribution in [0.15, 0.2) is 42.5 Å². The van der Waals surface area contributed by atoms with E-state index in [1.165, 1.54) is 16.7 Å². The number of carbonyl (C=O) groups is 1. The fraction of sp³-hybridized carbons (Fsp3) is 0.350. The monoisotopic (exact) mass is 341 g/mol. The molecule has 24 heavy (non-hydrogen) atoms. The van der Waals surface area contributed by atoms with E-state index in [0.29, 0.717) is 6.42 Å². The van der Waals surface area contributed by atoms with Crippen LogP contribution in [0.3, 0.4) is 0 Å². The van der Waals surface area contributed by atoms with Crippen molar-refractivity contribution < 1.29 is 9.53 Å². The molecule has 1 amide bonds. The normalized spacial score (nSPS) is 17.1. The summed E-state index contributed by atoms with van der Waals surface area (Å²) in [6.45, 7) is 5.05. The number of ether oxygens (including phenoxy) is 1. The lowest BCUT2D eigenvalue weighted by molar-refractivity contribution is -0.130. The van der Waals surface area contributed by atoms with Crippen molar-refractivity contribution in [3.63, 3.8) is 0 Å². The van der Waals surface area contributed by atoms with Crippen molar-refractivity contribution in [2.45, 2.75) is 25.6 Å². The van der Waals surface area contributed by atoms with E-state index < -0.39 is 0 Å². The van der Waals surface area contributed by atoms with Crippen LogP contribution in [0.2, 0.25) is 0 Å². The van der Waals surface area contributed by atoms with Gasteiger partial charge in [0, 0.05) is 12.3 Å². The smallest absolute Gasteiger partial charge is 0.228 e. The molecule has 1 unspecified atom stereocenters. The molecule has 1 aliphatic rings. The number of rotatable bonds is 4. The summed E-state index contributed by atoms with van der Waals surface area (Å²) < 4.78 is 5.17. The van der Waals surface area contributed by atoms with E-state index in [-0.39, 0.29) is 11.3 Å². The van der Waals surface area contributed by atoms with E-state index in [4.69, 9.17) is 4.74 Å². The highest BCUT2D eigenvalue weighted by molar-refractivity contribution is 7.99. The van der Waals surface area contributed by atoms with E-state index in [1.54, 1.807) is 7.11 Å². The van der Waals surface area contributed by atoms with Gasteiger partial charge < -0.3 is 9.64 Å². The third-order valence-corrected chi connectivity index (χ3v) is 5.66. The molecule has 4 heteroatoms. The Hall–Kier alpha value is -1.94. The SMILES string of the molecule is COc1ccc(CC(=O)N2CCSC2c2ccc(C)cc2C)cc1. The highest BCUT2D eigenvalue weighted by Crippen LogP contribution is 2.39. The first-order chi connectivity index (χ1) is 11.6. The largest absolute Gasteiger partial charge is 0.497 e. The first-order valence-corrected chi connectivity index (χ1v) is 9.24. The van der Waals surface area contributed by atoms with Gasteiger partial charge >= 0.3 is 0 Å². The van der Waals surface area contributed by atoms with Crippen LogP contribution in [0.25, 0.3) is 0 Å². The summed E-state index contributed by atoms with van der Waals surface area (Å²) in [5.74, 6) is 2.00. The van der Waals surface area contributed by atoms with Crippen LogP contribution >= 0.6 is 11.8 Å². The predicted octanol–water partition coefficient (Wildman–Crippen LogP) is 4.13. The number of thioether (sulfide) groups is 1. The lowest BCUT2D eigenvalue weighted by Crippen LogP contribution is -2.32. The topological polar surface area (TPSA) is 29.5 Å². The van der Waals surface area contributed by atoms with Crippen LogP contribution in [-0.4, -0.2) is 30.2 Å². The molecule has 0 bridgehead atoms. The number of hydrogen-bond donors (Lipinski definition) is 0. The maximum Gasteiger partial charge on any atom is 0.228 e. The molecule has 0 radical (unpaired) electrons. The van der Waals surface area contributed by atoms with Crippen molar-refractivity contribution >= 4 is 17.7 Å². The summed E-state index contributed by atoms with van der Waals surface area (Å²) >= 11 is 1.85. The number of amides is 1. The molecule has 1 aliphatic heterocycles. The fourth-order valence-electron chi connectivity index (χ4n) is 3.11. The highest BCUT2D eigenvalue weighted by atomic mass is 32.2. The molecule has 3 rings (SSSR count). The first kappa shape index (κ1) is 16.9. The average molecular weight is 341 g/mol. The van der Waals surface area contributed by atoms with Gasteiger partial charge in [0.15, 0.2) is 0 Å². The Morgan fingerprint density at radius 3 is 2.62 bits per heavy atom. The number of methoxy groups -OCH3 is 1. The third kappa shape index (κ3) is 3.59. The molecule has 0 N–H and O–H groups in total. The molecule has 0 saturated carbocycles. The summed E-state index contributed by atoms with van der Waals surface area (Å²) in [6.07, 6.45) is 0.436. The molecule has 0 aliphatic carbocycles. The van der Waals surface area contributed by atoms with Crippen molar-refractivity contribution in [3.8, 4) is 5.75 Å². The van der Waals surface area contributed by atoms with Gasteiger partial charge in [-0.1, -0.05) is 35.9 Å². The summed E-state index contributed by atoms with van der Waals surface area (Å²) in [5.41, 5.74) is 4.80. The Balaban J connectivity index is 1.75. The molecular weight excluding hydrogens is 318 g/mol. The second-order valence-corrected chi connectivity index (χ2v) is 7.38. The van der Waals surface area contributed by atoms with Crippen LogP contribution in [0, 0.1) is 13.8 Å². The standard InChI is InChI=1S/C20H23NO2S/c1-14-4-9-18(15(2)12-14)20-21(10-11-24-20)19(22)13-16-5-7-17(23-3)8-6-16/h4-9,12,20H,10-11,13H2,1-3H3. The fourth-order valence-corrected chi connectivity index (χ4v) is 4.48. The highest BCUT2D eigenvalue weighted by Gasteiger charge is 2.31. The lowest BCUT2D eigenvalue weighted by Gasteiger charge is -2.25. The Bertz CT molecular complexity index is 727. The third-order valence-electron chi connectivity index (χ3n) is 4.42. The quantitative estimate of drug-likeness (QED) is 0.837. The lowest BCUT2D eigenvalue weighted by atomic mass is 10.0. The van der Waals surface area contributed by atoms with E-state index in [0.717, 1.165) is 23.6 Å². The van der Waals surface area contributed by atoms with Gasteiger partial charge in [-0.15, -0.1) is 11.8 Å². The molecular formula is C20H23NO2S. The maximum atomic E-state index is 12.8. The van der Waals surface area contributed by atoms with E-state index in [9.17, 15) is 4.79 Å². The molecule has 1 atom stereocenters. The number of benzene rings is 2. The van der Waals surface area contributed by atoms with Gasteiger partial charge in [-0.25, -0.2) is 0 Å². The van der Waals surface area contributed by atoms with E-state index >= 15 is 0 Å². The molecule has 1 heterocycles. The van der Waals surface area contributed by atoms with Gasteiger partial charge in [0.05, 0.1) is 13.5 Å². The van der Waals surface area contributed by atoms with Crippen molar-refractivity contribution in [2.24, 2.45) is 0 Å². The number of carbonyl (C=O) groups excluding carboxylic acids is 1. The van der Waals surface area contributed by atoms with Crippen LogP contribution in [0.1, 0.15) is 27.6 Å². The molecule has 2 aromatic rings. The van der Waals surface area contributed by atoms with Gasteiger partial charge in [-0.2, -0.15) is 0 Å². The van der Waals surface area contributed by atoms with Crippen molar-refractivity contribution in [3.05, 3.63) is 64.7 Å². The zero-order chi connectivity index (χ0) is 17.1. The van der Waals surface area contributed by atoms with Gasteiger partial charge in [-0.3, -0.25) is 4.79 Å². The van der Waals surface area contributed by atoms with E-state index in [1.807, 2.05) is 40.9 Å². The minimum atomic E-state index is 0.136. The van der Waals surface area contributed by atoms with Crippen LogP contribution < -0.4 is 4.74 Å².